The van der Waals surface area contributed by atoms with Crippen molar-refractivity contribution in [2.45, 2.75) is 52.0 Å². The van der Waals surface area contributed by atoms with Gasteiger partial charge in [0.05, 0.1) is 6.04 Å². The van der Waals surface area contributed by atoms with E-state index >= 15 is 0 Å². The van der Waals surface area contributed by atoms with Crippen LogP contribution in [-0.4, -0.2) is 60.4 Å². The first-order valence-electron chi connectivity index (χ1n) is 8.40. The van der Waals surface area contributed by atoms with Gasteiger partial charge in [-0.2, -0.15) is 0 Å². The Balaban J connectivity index is 1.98. The fourth-order valence-corrected chi connectivity index (χ4v) is 3.62. The largest absolute Gasteiger partial charge is 0.355 e. The Labute approximate surface area is 128 Å². The van der Waals surface area contributed by atoms with E-state index in [4.69, 9.17) is 0 Å². The maximum atomic E-state index is 12.6. The number of carbonyl (C=O) groups is 2. The second kappa shape index (κ2) is 7.78. The van der Waals surface area contributed by atoms with E-state index in [0.717, 1.165) is 52.0 Å². The standard InChI is InChI=1S/C16H29N3O2/c1-3-8-17-16(21)15(14-6-4-5-7-14)19-11-9-18(10-12-19)13(2)20/h14-15H,3-12H2,1-2H3,(H,17,21)/t15-/m1/s1. The van der Waals surface area contributed by atoms with Crippen LogP contribution in [0.15, 0.2) is 0 Å². The van der Waals surface area contributed by atoms with Crippen molar-refractivity contribution in [3.63, 3.8) is 0 Å². The minimum absolute atomic E-state index is 0.00755. The Bertz CT molecular complexity index is 359. The molecule has 2 rings (SSSR count). The lowest BCUT2D eigenvalue weighted by Gasteiger charge is -2.40. The van der Waals surface area contributed by atoms with Gasteiger partial charge in [0.1, 0.15) is 0 Å². The van der Waals surface area contributed by atoms with Crippen LogP contribution in [0.25, 0.3) is 0 Å². The SMILES string of the molecule is CCCNC(=O)[C@@H](C1CCCC1)N1CCN(C(C)=O)CC1. The molecule has 0 unspecified atom stereocenters. The predicted molar refractivity (Wildman–Crippen MR) is 82.9 cm³/mol. The molecule has 0 radical (unpaired) electrons. The summed E-state index contributed by atoms with van der Waals surface area (Å²) in [5.41, 5.74) is 0. The Kier molecular flexibility index (Phi) is 6.03. The Hall–Kier alpha value is -1.10. The lowest BCUT2D eigenvalue weighted by molar-refractivity contribution is -0.133. The lowest BCUT2D eigenvalue weighted by Crippen LogP contribution is -2.57. The quantitative estimate of drug-likeness (QED) is 0.830. The van der Waals surface area contributed by atoms with Crippen LogP contribution in [0.4, 0.5) is 0 Å². The van der Waals surface area contributed by atoms with Crippen LogP contribution >= 0.6 is 0 Å². The molecule has 1 saturated carbocycles. The predicted octanol–water partition coefficient (Wildman–Crippen LogP) is 1.24. The smallest absolute Gasteiger partial charge is 0.237 e. The molecule has 0 spiro atoms. The second-order valence-corrected chi connectivity index (χ2v) is 6.32. The monoisotopic (exact) mass is 295 g/mol. The van der Waals surface area contributed by atoms with Crippen LogP contribution in [0.2, 0.25) is 0 Å². The molecule has 1 heterocycles. The number of piperazine rings is 1. The van der Waals surface area contributed by atoms with Crippen LogP contribution in [0.1, 0.15) is 46.0 Å². The third-order valence-corrected chi connectivity index (χ3v) is 4.82. The molecule has 0 aromatic heterocycles. The third-order valence-electron chi connectivity index (χ3n) is 4.82. The highest BCUT2D eigenvalue weighted by molar-refractivity contribution is 5.82. The summed E-state index contributed by atoms with van der Waals surface area (Å²) in [7, 11) is 0. The van der Waals surface area contributed by atoms with Crippen molar-refractivity contribution in [1.82, 2.24) is 15.1 Å². The maximum absolute atomic E-state index is 12.6. The number of nitrogens with zero attached hydrogens (tertiary/aromatic N) is 2. The van der Waals surface area contributed by atoms with Gasteiger partial charge < -0.3 is 10.2 Å². The summed E-state index contributed by atoms with van der Waals surface area (Å²) >= 11 is 0. The fourth-order valence-electron chi connectivity index (χ4n) is 3.62. The molecule has 5 nitrogen and oxygen atoms in total. The van der Waals surface area contributed by atoms with Gasteiger partial charge >= 0.3 is 0 Å². The third kappa shape index (κ3) is 4.19. The molecule has 1 saturated heterocycles. The number of rotatable bonds is 5. The van der Waals surface area contributed by atoms with Gasteiger partial charge in [-0.05, 0) is 25.2 Å². The molecule has 0 aromatic rings. The number of amides is 2. The van der Waals surface area contributed by atoms with Gasteiger partial charge in [-0.3, -0.25) is 14.5 Å². The van der Waals surface area contributed by atoms with Crippen LogP contribution in [0, 0.1) is 5.92 Å². The summed E-state index contributed by atoms with van der Waals surface area (Å²) in [6.07, 6.45) is 5.79. The topological polar surface area (TPSA) is 52.7 Å². The molecule has 5 heteroatoms. The Morgan fingerprint density at radius 1 is 1.14 bits per heavy atom. The highest BCUT2D eigenvalue weighted by Crippen LogP contribution is 2.31. The molecular formula is C16H29N3O2. The van der Waals surface area contributed by atoms with Crippen molar-refractivity contribution in [3.05, 3.63) is 0 Å². The summed E-state index contributed by atoms with van der Waals surface area (Å²) in [5.74, 6) is 0.827. The molecule has 21 heavy (non-hydrogen) atoms. The normalized spacial score (nSPS) is 22.3. The first-order valence-corrected chi connectivity index (χ1v) is 8.40. The zero-order valence-electron chi connectivity index (χ0n) is 13.4. The molecular weight excluding hydrogens is 266 g/mol. The van der Waals surface area contributed by atoms with E-state index < -0.39 is 0 Å². The molecule has 1 aliphatic carbocycles. The second-order valence-electron chi connectivity index (χ2n) is 6.32. The molecule has 0 bridgehead atoms. The van der Waals surface area contributed by atoms with Crippen molar-refractivity contribution < 1.29 is 9.59 Å². The summed E-state index contributed by atoms with van der Waals surface area (Å²) in [6.45, 7) is 7.60. The van der Waals surface area contributed by atoms with Crippen molar-refractivity contribution in [3.8, 4) is 0 Å². The molecule has 0 aromatic carbocycles. The van der Waals surface area contributed by atoms with Gasteiger partial charge in [0.25, 0.3) is 0 Å². The number of carbonyl (C=O) groups excluding carboxylic acids is 2. The minimum atomic E-state index is 0.00755. The first-order chi connectivity index (χ1) is 10.1. The van der Waals surface area contributed by atoms with Crippen LogP contribution in [0.3, 0.4) is 0 Å². The molecule has 1 aliphatic heterocycles. The van der Waals surface area contributed by atoms with Gasteiger partial charge in [-0.1, -0.05) is 19.8 Å². The summed E-state index contributed by atoms with van der Waals surface area (Å²) in [4.78, 5) is 28.2. The van der Waals surface area contributed by atoms with Gasteiger partial charge in [0, 0.05) is 39.6 Å². The number of hydrogen-bond donors (Lipinski definition) is 1. The van der Waals surface area contributed by atoms with E-state index in [0.29, 0.717) is 5.92 Å². The number of hydrogen-bond acceptors (Lipinski definition) is 3. The molecule has 2 fully saturated rings. The lowest BCUT2D eigenvalue weighted by atomic mass is 9.95. The van der Waals surface area contributed by atoms with Crippen molar-refractivity contribution in [2.75, 3.05) is 32.7 Å². The Morgan fingerprint density at radius 2 is 1.76 bits per heavy atom. The van der Waals surface area contributed by atoms with E-state index in [-0.39, 0.29) is 17.9 Å². The van der Waals surface area contributed by atoms with E-state index in [1.165, 1.54) is 12.8 Å². The summed E-state index contributed by atoms with van der Waals surface area (Å²) in [5, 5.41) is 3.08. The molecule has 2 aliphatic rings. The highest BCUT2D eigenvalue weighted by Gasteiger charge is 2.36. The highest BCUT2D eigenvalue weighted by atomic mass is 16.2. The van der Waals surface area contributed by atoms with Gasteiger partial charge in [0.2, 0.25) is 11.8 Å². The van der Waals surface area contributed by atoms with Crippen LogP contribution in [-0.2, 0) is 9.59 Å². The maximum Gasteiger partial charge on any atom is 0.237 e. The molecule has 120 valence electrons. The average Bonchev–Trinajstić information content (AvgIpc) is 3.00. The van der Waals surface area contributed by atoms with Crippen molar-refractivity contribution in [2.24, 2.45) is 5.92 Å². The zero-order chi connectivity index (χ0) is 15.2. The summed E-state index contributed by atoms with van der Waals surface area (Å²) < 4.78 is 0. The molecule has 1 N–H and O–H groups in total. The van der Waals surface area contributed by atoms with Crippen molar-refractivity contribution >= 4 is 11.8 Å². The first kappa shape index (κ1) is 16.3. The fraction of sp³-hybridized carbons (Fsp3) is 0.875. The molecule has 2 amide bonds. The van der Waals surface area contributed by atoms with E-state index in [9.17, 15) is 9.59 Å². The van der Waals surface area contributed by atoms with Gasteiger partial charge in [-0.15, -0.1) is 0 Å². The van der Waals surface area contributed by atoms with Gasteiger partial charge in [-0.25, -0.2) is 0 Å². The van der Waals surface area contributed by atoms with Crippen molar-refractivity contribution in [1.29, 1.82) is 0 Å². The minimum Gasteiger partial charge on any atom is -0.355 e. The van der Waals surface area contributed by atoms with Crippen LogP contribution < -0.4 is 5.32 Å². The van der Waals surface area contributed by atoms with E-state index in [1.54, 1.807) is 6.92 Å². The Morgan fingerprint density at radius 3 is 2.29 bits per heavy atom. The number of nitrogens with one attached hydrogen (secondary N) is 1. The van der Waals surface area contributed by atoms with Crippen LogP contribution in [0.5, 0.6) is 0 Å². The van der Waals surface area contributed by atoms with E-state index in [2.05, 4.69) is 17.1 Å². The zero-order valence-corrected chi connectivity index (χ0v) is 13.4. The summed E-state index contributed by atoms with van der Waals surface area (Å²) in [6, 6.07) is 0.00755. The van der Waals surface area contributed by atoms with E-state index in [1.807, 2.05) is 4.90 Å². The molecule has 1 atom stereocenters. The van der Waals surface area contributed by atoms with Gasteiger partial charge in [0.15, 0.2) is 0 Å². The average molecular weight is 295 g/mol.